The summed E-state index contributed by atoms with van der Waals surface area (Å²) < 4.78 is 0. The first-order valence-corrected chi connectivity index (χ1v) is 6.89. The van der Waals surface area contributed by atoms with Gasteiger partial charge in [-0.05, 0) is 32.0 Å². The van der Waals surface area contributed by atoms with Gasteiger partial charge >= 0.3 is 0 Å². The van der Waals surface area contributed by atoms with Crippen LogP contribution in [0.15, 0.2) is 29.1 Å². The number of aromatic nitrogens is 2. The molecule has 3 N–H and O–H groups in total. The SMILES string of the molecule is Cc1ccc(Nc2nc3c(c(=O)[nH]2)CCNCC3)cc1. The second kappa shape index (κ2) is 5.46. The fourth-order valence-corrected chi connectivity index (χ4v) is 2.39. The summed E-state index contributed by atoms with van der Waals surface area (Å²) in [5.41, 5.74) is 3.79. The van der Waals surface area contributed by atoms with Crippen molar-refractivity contribution in [3.05, 3.63) is 51.4 Å². The fourth-order valence-electron chi connectivity index (χ4n) is 2.39. The van der Waals surface area contributed by atoms with E-state index in [9.17, 15) is 4.79 Å². The molecule has 0 bridgehead atoms. The number of benzene rings is 1. The van der Waals surface area contributed by atoms with Gasteiger partial charge in [0.15, 0.2) is 0 Å². The molecule has 1 aromatic carbocycles. The Balaban J connectivity index is 1.91. The first-order chi connectivity index (χ1) is 9.72. The van der Waals surface area contributed by atoms with Crippen molar-refractivity contribution in [2.45, 2.75) is 19.8 Å². The summed E-state index contributed by atoms with van der Waals surface area (Å²) in [5.74, 6) is 0.513. The number of fused-ring (bicyclic) bond motifs is 1. The Hall–Kier alpha value is -2.14. The Morgan fingerprint density at radius 1 is 1.15 bits per heavy atom. The smallest absolute Gasteiger partial charge is 0.255 e. The zero-order chi connectivity index (χ0) is 13.9. The van der Waals surface area contributed by atoms with Gasteiger partial charge in [0, 0.05) is 24.2 Å². The zero-order valence-corrected chi connectivity index (χ0v) is 11.5. The van der Waals surface area contributed by atoms with Gasteiger partial charge in [-0.1, -0.05) is 17.7 Å². The van der Waals surface area contributed by atoms with Crippen molar-refractivity contribution in [1.82, 2.24) is 15.3 Å². The average molecular weight is 270 g/mol. The Kier molecular flexibility index (Phi) is 3.52. The first kappa shape index (κ1) is 12.9. The monoisotopic (exact) mass is 270 g/mol. The second-order valence-electron chi connectivity index (χ2n) is 5.08. The molecule has 1 aliphatic rings. The van der Waals surface area contributed by atoms with E-state index in [-0.39, 0.29) is 5.56 Å². The van der Waals surface area contributed by atoms with E-state index in [2.05, 4.69) is 20.6 Å². The van der Waals surface area contributed by atoms with Gasteiger partial charge in [-0.2, -0.15) is 0 Å². The third-order valence-electron chi connectivity index (χ3n) is 3.51. The van der Waals surface area contributed by atoms with Gasteiger partial charge in [0.1, 0.15) is 0 Å². The number of aromatic amines is 1. The van der Waals surface area contributed by atoms with Crippen LogP contribution in [0.1, 0.15) is 16.8 Å². The average Bonchev–Trinajstić information content (AvgIpc) is 2.67. The summed E-state index contributed by atoms with van der Waals surface area (Å²) in [4.78, 5) is 19.5. The molecule has 0 unspecified atom stereocenters. The molecule has 5 heteroatoms. The number of nitrogens with one attached hydrogen (secondary N) is 3. The molecule has 1 aromatic heterocycles. The van der Waals surface area contributed by atoms with E-state index in [4.69, 9.17) is 0 Å². The molecule has 5 nitrogen and oxygen atoms in total. The summed E-state index contributed by atoms with van der Waals surface area (Å²) in [6.45, 7) is 3.75. The molecule has 0 spiro atoms. The van der Waals surface area contributed by atoms with Gasteiger partial charge in [0.25, 0.3) is 5.56 Å². The van der Waals surface area contributed by atoms with E-state index >= 15 is 0 Å². The lowest BCUT2D eigenvalue weighted by atomic mass is 10.1. The number of hydrogen-bond donors (Lipinski definition) is 3. The summed E-state index contributed by atoms with van der Waals surface area (Å²) >= 11 is 0. The van der Waals surface area contributed by atoms with Crippen molar-refractivity contribution in [1.29, 1.82) is 0 Å². The quantitative estimate of drug-likeness (QED) is 0.773. The Bertz CT molecular complexity index is 661. The lowest BCUT2D eigenvalue weighted by Crippen LogP contribution is -2.20. The van der Waals surface area contributed by atoms with Crippen LogP contribution < -0.4 is 16.2 Å². The number of rotatable bonds is 2. The second-order valence-corrected chi connectivity index (χ2v) is 5.08. The van der Waals surface area contributed by atoms with Crippen LogP contribution in [0.5, 0.6) is 0 Å². The molecule has 2 aromatic rings. The van der Waals surface area contributed by atoms with Crippen molar-refractivity contribution in [2.75, 3.05) is 18.4 Å². The van der Waals surface area contributed by atoms with E-state index in [1.807, 2.05) is 31.2 Å². The minimum absolute atomic E-state index is 0.0340. The molecule has 0 atom stereocenters. The maximum atomic E-state index is 12.1. The molecule has 0 radical (unpaired) electrons. The van der Waals surface area contributed by atoms with Gasteiger partial charge in [-0.3, -0.25) is 9.78 Å². The van der Waals surface area contributed by atoms with Crippen molar-refractivity contribution in [2.24, 2.45) is 0 Å². The van der Waals surface area contributed by atoms with Gasteiger partial charge < -0.3 is 10.6 Å². The summed E-state index contributed by atoms with van der Waals surface area (Å²) in [7, 11) is 0. The molecule has 20 heavy (non-hydrogen) atoms. The number of H-pyrrole nitrogens is 1. The van der Waals surface area contributed by atoms with Crippen LogP contribution in [0.2, 0.25) is 0 Å². The minimum atomic E-state index is -0.0340. The van der Waals surface area contributed by atoms with E-state index in [1.54, 1.807) is 0 Å². The fraction of sp³-hybridized carbons (Fsp3) is 0.333. The van der Waals surface area contributed by atoms with Crippen LogP contribution in [0, 0.1) is 6.92 Å². The van der Waals surface area contributed by atoms with Crippen molar-refractivity contribution < 1.29 is 0 Å². The van der Waals surface area contributed by atoms with E-state index in [0.29, 0.717) is 5.95 Å². The predicted molar refractivity (Wildman–Crippen MR) is 79.6 cm³/mol. The largest absolute Gasteiger partial charge is 0.326 e. The predicted octanol–water partition coefficient (Wildman–Crippen LogP) is 1.51. The Morgan fingerprint density at radius 3 is 2.70 bits per heavy atom. The van der Waals surface area contributed by atoms with Crippen molar-refractivity contribution in [3.63, 3.8) is 0 Å². The molecule has 3 rings (SSSR count). The first-order valence-electron chi connectivity index (χ1n) is 6.89. The van der Waals surface area contributed by atoms with Crippen LogP contribution in [0.4, 0.5) is 11.6 Å². The van der Waals surface area contributed by atoms with Crippen LogP contribution in [0.25, 0.3) is 0 Å². The number of nitrogens with zero attached hydrogens (tertiary/aromatic N) is 1. The van der Waals surface area contributed by atoms with Crippen molar-refractivity contribution in [3.8, 4) is 0 Å². The highest BCUT2D eigenvalue weighted by atomic mass is 16.1. The highest BCUT2D eigenvalue weighted by Gasteiger charge is 2.14. The van der Waals surface area contributed by atoms with Gasteiger partial charge in [-0.25, -0.2) is 4.98 Å². The Labute approximate surface area is 117 Å². The molecule has 0 saturated heterocycles. The normalized spacial score (nSPS) is 14.4. The number of anilines is 2. The molecular weight excluding hydrogens is 252 g/mol. The molecule has 0 aliphatic carbocycles. The standard InChI is InChI=1S/C15H18N4O/c1-10-2-4-11(5-3-10)17-15-18-13-7-9-16-8-6-12(13)14(20)19-15/h2-5,16H,6-9H2,1H3,(H2,17,18,19,20). The third-order valence-corrected chi connectivity index (χ3v) is 3.51. The van der Waals surface area contributed by atoms with Crippen molar-refractivity contribution >= 4 is 11.6 Å². The summed E-state index contributed by atoms with van der Waals surface area (Å²) in [5, 5.41) is 6.44. The highest BCUT2D eigenvalue weighted by Crippen LogP contribution is 2.14. The number of aryl methyl sites for hydroxylation is 1. The highest BCUT2D eigenvalue weighted by molar-refractivity contribution is 5.53. The maximum absolute atomic E-state index is 12.1. The van der Waals surface area contributed by atoms with Crippen LogP contribution >= 0.6 is 0 Å². The van der Waals surface area contributed by atoms with Gasteiger partial charge in [0.2, 0.25) is 5.95 Å². The maximum Gasteiger partial charge on any atom is 0.255 e. The van der Waals surface area contributed by atoms with Crippen LogP contribution in [-0.4, -0.2) is 23.1 Å². The third kappa shape index (κ3) is 2.72. The van der Waals surface area contributed by atoms with Gasteiger partial charge in [0.05, 0.1) is 5.69 Å². The lowest BCUT2D eigenvalue weighted by Gasteiger charge is -2.09. The van der Waals surface area contributed by atoms with E-state index in [0.717, 1.165) is 42.9 Å². The number of hydrogen-bond acceptors (Lipinski definition) is 4. The molecule has 0 saturated carbocycles. The molecule has 1 aliphatic heterocycles. The molecule has 104 valence electrons. The molecule has 0 fully saturated rings. The lowest BCUT2D eigenvalue weighted by molar-refractivity contribution is 0.708. The summed E-state index contributed by atoms with van der Waals surface area (Å²) in [6, 6.07) is 7.99. The zero-order valence-electron chi connectivity index (χ0n) is 11.5. The van der Waals surface area contributed by atoms with Gasteiger partial charge in [-0.15, -0.1) is 0 Å². The summed E-state index contributed by atoms with van der Waals surface area (Å²) in [6.07, 6.45) is 1.53. The Morgan fingerprint density at radius 2 is 1.90 bits per heavy atom. The molecule has 2 heterocycles. The minimum Gasteiger partial charge on any atom is -0.326 e. The molecular formula is C15H18N4O. The van der Waals surface area contributed by atoms with E-state index in [1.165, 1.54) is 5.56 Å². The van der Waals surface area contributed by atoms with E-state index < -0.39 is 0 Å². The topological polar surface area (TPSA) is 69.8 Å². The van der Waals surface area contributed by atoms with Crippen LogP contribution in [0.3, 0.4) is 0 Å². The van der Waals surface area contributed by atoms with Crippen LogP contribution in [-0.2, 0) is 12.8 Å². The molecule has 0 amide bonds.